The van der Waals surface area contributed by atoms with E-state index in [1.807, 2.05) is 91.9 Å². The number of hydrogen-bond acceptors (Lipinski definition) is 5. The Morgan fingerprint density at radius 1 is 0.919 bits per heavy atom. The van der Waals surface area contributed by atoms with Crippen LogP contribution in [0, 0.1) is 11.8 Å². The predicted octanol–water partition coefficient (Wildman–Crippen LogP) is 3.99. The van der Waals surface area contributed by atoms with Crippen molar-refractivity contribution < 1.29 is 24.2 Å². The average molecular weight is 499 g/mol. The Balaban J connectivity index is 1.55. The standard InChI is InChI=1S/C30H30N2O5/c1-2-17-37-23-15-13-22(14-16-23)26-24-25(28(34)32(27(24)33)19-21-11-7-4-8-12-21)30(31-26,29(35)36)18-20-9-5-3-6-10-20/h3-16,24-26,31H,2,17-19H2,1H3,(H,35,36). The maximum Gasteiger partial charge on any atom is 0.325 e. The minimum absolute atomic E-state index is 0.0801. The number of carbonyl (C=O) groups is 3. The summed E-state index contributed by atoms with van der Waals surface area (Å²) >= 11 is 0. The van der Waals surface area contributed by atoms with E-state index in [0.29, 0.717) is 12.4 Å². The third-order valence-corrected chi connectivity index (χ3v) is 7.35. The fourth-order valence-corrected chi connectivity index (χ4v) is 5.62. The lowest BCUT2D eigenvalue weighted by atomic mass is 9.76. The largest absolute Gasteiger partial charge is 0.494 e. The predicted molar refractivity (Wildman–Crippen MR) is 138 cm³/mol. The highest BCUT2D eigenvalue weighted by molar-refractivity contribution is 6.09. The van der Waals surface area contributed by atoms with Gasteiger partial charge >= 0.3 is 5.97 Å². The van der Waals surface area contributed by atoms with Gasteiger partial charge in [0.2, 0.25) is 11.8 Å². The van der Waals surface area contributed by atoms with Crippen LogP contribution in [-0.4, -0.2) is 39.9 Å². The van der Waals surface area contributed by atoms with Gasteiger partial charge in [0.05, 0.1) is 25.0 Å². The van der Waals surface area contributed by atoms with Crippen molar-refractivity contribution >= 4 is 17.8 Å². The summed E-state index contributed by atoms with van der Waals surface area (Å²) in [6, 6.07) is 25.2. The van der Waals surface area contributed by atoms with Gasteiger partial charge in [-0.15, -0.1) is 0 Å². The molecule has 2 saturated heterocycles. The molecule has 0 radical (unpaired) electrons. The molecule has 2 aliphatic heterocycles. The topological polar surface area (TPSA) is 95.9 Å². The van der Waals surface area contributed by atoms with E-state index in [1.165, 1.54) is 4.90 Å². The van der Waals surface area contributed by atoms with E-state index < -0.39 is 35.3 Å². The fraction of sp³-hybridized carbons (Fsp3) is 0.300. The number of fused-ring (bicyclic) bond motifs is 1. The third-order valence-electron chi connectivity index (χ3n) is 7.35. The van der Waals surface area contributed by atoms with Crippen molar-refractivity contribution in [2.45, 2.75) is 37.9 Å². The first-order valence-corrected chi connectivity index (χ1v) is 12.6. The van der Waals surface area contributed by atoms with Crippen LogP contribution < -0.4 is 10.1 Å². The molecule has 2 N–H and O–H groups in total. The van der Waals surface area contributed by atoms with Crippen LogP contribution in [-0.2, 0) is 27.3 Å². The van der Waals surface area contributed by atoms with Gasteiger partial charge in [-0.3, -0.25) is 24.6 Å². The highest BCUT2D eigenvalue weighted by atomic mass is 16.5. The molecular weight excluding hydrogens is 468 g/mol. The molecule has 2 aliphatic rings. The second-order valence-corrected chi connectivity index (χ2v) is 9.73. The number of carboxylic acids is 1. The van der Waals surface area contributed by atoms with Crippen LogP contribution in [0.25, 0.3) is 0 Å². The third kappa shape index (κ3) is 4.51. The van der Waals surface area contributed by atoms with Gasteiger partial charge in [0.15, 0.2) is 0 Å². The first-order valence-electron chi connectivity index (χ1n) is 12.6. The minimum atomic E-state index is -1.63. The Morgan fingerprint density at radius 2 is 1.54 bits per heavy atom. The Hall–Kier alpha value is -3.97. The molecule has 0 spiro atoms. The maximum absolute atomic E-state index is 13.8. The first-order chi connectivity index (χ1) is 17.9. The monoisotopic (exact) mass is 498 g/mol. The SMILES string of the molecule is CCCOc1ccc(C2NC(Cc3ccccc3)(C(=O)O)C3C(=O)N(Cc4ccccc4)C(=O)C23)cc1. The Kier molecular flexibility index (Phi) is 6.80. The molecule has 2 heterocycles. The molecular formula is C30H30N2O5. The normalized spacial score (nSPS) is 24.8. The maximum atomic E-state index is 13.8. The number of aliphatic carboxylic acids is 1. The van der Waals surface area contributed by atoms with Crippen LogP contribution in [0.15, 0.2) is 84.9 Å². The number of carboxylic acid groups (broad SMARTS) is 1. The Labute approximate surface area is 216 Å². The summed E-state index contributed by atoms with van der Waals surface area (Å²) in [5.41, 5.74) is 0.710. The van der Waals surface area contributed by atoms with E-state index in [4.69, 9.17) is 4.74 Å². The number of rotatable bonds is 9. The number of nitrogens with zero attached hydrogens (tertiary/aromatic N) is 1. The van der Waals surface area contributed by atoms with Gasteiger partial charge in [-0.1, -0.05) is 79.7 Å². The van der Waals surface area contributed by atoms with E-state index in [0.717, 1.165) is 23.1 Å². The van der Waals surface area contributed by atoms with Gasteiger partial charge in [0.1, 0.15) is 11.3 Å². The zero-order chi connectivity index (χ0) is 26.0. The number of hydrogen-bond donors (Lipinski definition) is 2. The molecule has 0 saturated carbocycles. The van der Waals surface area contributed by atoms with Crippen LogP contribution in [0.5, 0.6) is 5.75 Å². The lowest BCUT2D eigenvalue weighted by Gasteiger charge is -2.31. The molecule has 37 heavy (non-hydrogen) atoms. The highest BCUT2D eigenvalue weighted by Gasteiger charge is 2.68. The zero-order valence-electron chi connectivity index (χ0n) is 20.7. The van der Waals surface area contributed by atoms with Crippen LogP contribution in [0.3, 0.4) is 0 Å². The molecule has 7 heteroatoms. The summed E-state index contributed by atoms with van der Waals surface area (Å²) in [6.07, 6.45) is 0.959. The van der Waals surface area contributed by atoms with E-state index in [-0.39, 0.29) is 18.9 Å². The number of ether oxygens (including phenoxy) is 1. The number of amides is 2. The molecule has 0 bridgehead atoms. The van der Waals surface area contributed by atoms with Crippen molar-refractivity contribution in [3.63, 3.8) is 0 Å². The van der Waals surface area contributed by atoms with Crippen LogP contribution in [0.2, 0.25) is 0 Å². The molecule has 0 aliphatic carbocycles. The second kappa shape index (κ2) is 10.2. The molecule has 3 aromatic carbocycles. The number of nitrogens with one attached hydrogen (secondary N) is 1. The Morgan fingerprint density at radius 3 is 2.14 bits per heavy atom. The second-order valence-electron chi connectivity index (χ2n) is 9.73. The van der Waals surface area contributed by atoms with Crippen molar-refractivity contribution in [2.24, 2.45) is 11.8 Å². The van der Waals surface area contributed by atoms with Gasteiger partial charge in [-0.2, -0.15) is 0 Å². The molecule has 3 aromatic rings. The molecule has 2 amide bonds. The summed E-state index contributed by atoms with van der Waals surface area (Å²) in [7, 11) is 0. The number of benzene rings is 3. The Bertz CT molecular complexity index is 1280. The fourth-order valence-electron chi connectivity index (χ4n) is 5.62. The first kappa shape index (κ1) is 24.7. The van der Waals surface area contributed by atoms with Crippen LogP contribution in [0.1, 0.15) is 36.1 Å². The molecule has 5 rings (SSSR count). The summed E-state index contributed by atoms with van der Waals surface area (Å²) < 4.78 is 5.70. The molecule has 190 valence electrons. The summed E-state index contributed by atoms with van der Waals surface area (Å²) in [5.74, 6) is -3.11. The van der Waals surface area contributed by atoms with Gasteiger partial charge in [0.25, 0.3) is 0 Å². The summed E-state index contributed by atoms with van der Waals surface area (Å²) in [5, 5.41) is 13.9. The lowest BCUT2D eigenvalue weighted by molar-refractivity contribution is -0.151. The van der Waals surface area contributed by atoms with Crippen molar-refractivity contribution in [1.82, 2.24) is 10.2 Å². The van der Waals surface area contributed by atoms with E-state index in [9.17, 15) is 19.5 Å². The van der Waals surface area contributed by atoms with Gasteiger partial charge in [-0.25, -0.2) is 0 Å². The smallest absolute Gasteiger partial charge is 0.325 e. The van der Waals surface area contributed by atoms with Crippen molar-refractivity contribution in [2.75, 3.05) is 6.61 Å². The van der Waals surface area contributed by atoms with Crippen molar-refractivity contribution in [1.29, 1.82) is 0 Å². The quantitative estimate of drug-likeness (QED) is 0.433. The average Bonchev–Trinajstić information content (AvgIpc) is 3.39. The molecule has 4 unspecified atom stereocenters. The van der Waals surface area contributed by atoms with E-state index in [1.54, 1.807) is 0 Å². The molecule has 0 aromatic heterocycles. The number of likely N-dealkylation sites (tertiary alicyclic amines) is 1. The molecule has 7 nitrogen and oxygen atoms in total. The van der Waals surface area contributed by atoms with Gasteiger partial charge in [-0.05, 0) is 35.2 Å². The van der Waals surface area contributed by atoms with Crippen LogP contribution >= 0.6 is 0 Å². The number of imide groups is 1. The highest BCUT2D eigenvalue weighted by Crippen LogP contribution is 2.50. The molecule has 4 atom stereocenters. The summed E-state index contributed by atoms with van der Waals surface area (Å²) in [4.78, 5) is 41.9. The minimum Gasteiger partial charge on any atom is -0.494 e. The summed E-state index contributed by atoms with van der Waals surface area (Å²) in [6.45, 7) is 2.73. The lowest BCUT2D eigenvalue weighted by Crippen LogP contribution is -2.57. The van der Waals surface area contributed by atoms with Crippen molar-refractivity contribution in [3.05, 3.63) is 102 Å². The van der Waals surface area contributed by atoms with Crippen LogP contribution in [0.4, 0.5) is 0 Å². The van der Waals surface area contributed by atoms with E-state index in [2.05, 4.69) is 5.32 Å². The van der Waals surface area contributed by atoms with E-state index >= 15 is 0 Å². The number of carbonyl (C=O) groups excluding carboxylic acids is 2. The van der Waals surface area contributed by atoms with Crippen molar-refractivity contribution in [3.8, 4) is 5.75 Å². The van der Waals surface area contributed by atoms with Gasteiger partial charge in [0, 0.05) is 12.5 Å². The zero-order valence-corrected chi connectivity index (χ0v) is 20.7. The van der Waals surface area contributed by atoms with Gasteiger partial charge < -0.3 is 9.84 Å². The molecule has 2 fully saturated rings.